The number of hydrogen-bond donors (Lipinski definition) is 0. The number of sulfonamides is 1. The third-order valence-corrected chi connectivity index (χ3v) is 7.56. The van der Waals surface area contributed by atoms with Gasteiger partial charge in [-0.05, 0) is 55.0 Å². The van der Waals surface area contributed by atoms with E-state index in [1.54, 1.807) is 43.3 Å². The lowest BCUT2D eigenvalue weighted by molar-refractivity contribution is -0.137. The van der Waals surface area contributed by atoms with Crippen molar-refractivity contribution in [2.24, 2.45) is 0 Å². The fourth-order valence-electron chi connectivity index (χ4n) is 3.23. The van der Waals surface area contributed by atoms with Crippen LogP contribution in [0.4, 0.5) is 18.9 Å². The van der Waals surface area contributed by atoms with Crippen molar-refractivity contribution < 1.29 is 26.4 Å². The summed E-state index contributed by atoms with van der Waals surface area (Å²) in [6.45, 7) is 1.18. The minimum Gasteiger partial charge on any atom is -0.340 e. The first-order chi connectivity index (χ1) is 16.3. The maximum Gasteiger partial charge on any atom is 0.417 e. The van der Waals surface area contributed by atoms with Crippen LogP contribution in [-0.2, 0) is 27.5 Å². The quantitative estimate of drug-likeness (QED) is 0.357. The van der Waals surface area contributed by atoms with E-state index >= 15 is 0 Å². The van der Waals surface area contributed by atoms with Crippen molar-refractivity contribution >= 4 is 44.8 Å². The standard InChI is InChI=1S/C24H21Cl2F3N2O3S/c1-16-3-10-20(11-4-16)35(33,34)31(19-9-12-22(26)21(13-19)24(27,28)29)15-23(32)30(2)14-17-5-7-18(25)8-6-17/h3-13H,14-15H2,1-2H3. The number of rotatable bonds is 7. The Morgan fingerprint density at radius 2 is 1.54 bits per heavy atom. The van der Waals surface area contributed by atoms with E-state index in [2.05, 4.69) is 0 Å². The molecule has 5 nitrogen and oxygen atoms in total. The van der Waals surface area contributed by atoms with Crippen LogP contribution in [0.5, 0.6) is 0 Å². The van der Waals surface area contributed by atoms with E-state index in [1.165, 1.54) is 24.1 Å². The summed E-state index contributed by atoms with van der Waals surface area (Å²) in [5.41, 5.74) is -0.0116. The fraction of sp³-hybridized carbons (Fsp3) is 0.208. The van der Waals surface area contributed by atoms with Gasteiger partial charge in [-0.25, -0.2) is 8.42 Å². The van der Waals surface area contributed by atoms with E-state index in [0.29, 0.717) is 15.4 Å². The van der Waals surface area contributed by atoms with Crippen LogP contribution in [0, 0.1) is 6.92 Å². The molecule has 186 valence electrons. The Bertz CT molecular complexity index is 1310. The van der Waals surface area contributed by atoms with Gasteiger partial charge in [0.1, 0.15) is 6.54 Å². The third-order valence-electron chi connectivity index (χ3n) is 5.19. The monoisotopic (exact) mass is 544 g/mol. The molecular formula is C24H21Cl2F3N2O3S. The topological polar surface area (TPSA) is 57.7 Å². The highest BCUT2D eigenvalue weighted by Crippen LogP contribution is 2.38. The fourth-order valence-corrected chi connectivity index (χ4v) is 4.99. The van der Waals surface area contributed by atoms with Gasteiger partial charge >= 0.3 is 6.18 Å². The summed E-state index contributed by atoms with van der Waals surface area (Å²) in [6, 6.07) is 15.2. The molecule has 0 spiro atoms. The van der Waals surface area contributed by atoms with Gasteiger partial charge in [0.2, 0.25) is 5.91 Å². The lowest BCUT2D eigenvalue weighted by atomic mass is 10.2. The second-order valence-corrected chi connectivity index (χ2v) is 10.6. The van der Waals surface area contributed by atoms with Crippen molar-refractivity contribution in [3.8, 4) is 0 Å². The second-order valence-electron chi connectivity index (χ2n) is 7.86. The number of hydrogen-bond acceptors (Lipinski definition) is 3. The molecule has 35 heavy (non-hydrogen) atoms. The van der Waals surface area contributed by atoms with Crippen molar-refractivity contribution in [2.75, 3.05) is 17.9 Å². The minimum atomic E-state index is -4.82. The van der Waals surface area contributed by atoms with E-state index in [9.17, 15) is 26.4 Å². The molecule has 0 saturated carbocycles. The van der Waals surface area contributed by atoms with Crippen molar-refractivity contribution in [1.29, 1.82) is 0 Å². The summed E-state index contributed by atoms with van der Waals surface area (Å²) in [6.07, 6.45) is -4.82. The molecule has 0 radical (unpaired) electrons. The molecule has 3 aromatic carbocycles. The van der Waals surface area contributed by atoms with Crippen LogP contribution in [0.2, 0.25) is 10.0 Å². The minimum absolute atomic E-state index is 0.142. The van der Waals surface area contributed by atoms with Crippen molar-refractivity contribution in [3.63, 3.8) is 0 Å². The van der Waals surface area contributed by atoms with E-state index in [1.807, 2.05) is 0 Å². The van der Waals surface area contributed by atoms with Crippen LogP contribution in [0.1, 0.15) is 16.7 Å². The summed E-state index contributed by atoms with van der Waals surface area (Å²) in [5.74, 6) is -0.626. The van der Waals surface area contributed by atoms with Gasteiger partial charge in [0, 0.05) is 18.6 Å². The smallest absolute Gasteiger partial charge is 0.340 e. The van der Waals surface area contributed by atoms with E-state index in [0.717, 1.165) is 23.3 Å². The van der Waals surface area contributed by atoms with Gasteiger partial charge in [-0.15, -0.1) is 0 Å². The van der Waals surface area contributed by atoms with Gasteiger partial charge in [0.25, 0.3) is 10.0 Å². The molecule has 1 amide bonds. The largest absolute Gasteiger partial charge is 0.417 e. The van der Waals surface area contributed by atoms with Crippen molar-refractivity contribution in [1.82, 2.24) is 4.90 Å². The number of alkyl halides is 3. The Morgan fingerprint density at radius 1 is 0.943 bits per heavy atom. The van der Waals surface area contributed by atoms with Crippen LogP contribution in [0.3, 0.4) is 0 Å². The SMILES string of the molecule is Cc1ccc(S(=O)(=O)N(CC(=O)N(C)Cc2ccc(Cl)cc2)c2ccc(Cl)c(C(F)(F)F)c2)cc1. The molecule has 0 heterocycles. The average Bonchev–Trinajstić information content (AvgIpc) is 2.78. The second kappa shape index (κ2) is 10.5. The first-order valence-electron chi connectivity index (χ1n) is 10.2. The van der Waals surface area contributed by atoms with E-state index in [-0.39, 0.29) is 17.1 Å². The zero-order valence-corrected chi connectivity index (χ0v) is 21.0. The molecule has 0 N–H and O–H groups in total. The number of likely N-dealkylation sites (N-methyl/N-ethyl adjacent to an activating group) is 1. The molecule has 0 saturated heterocycles. The zero-order valence-electron chi connectivity index (χ0n) is 18.7. The lowest BCUT2D eigenvalue weighted by Crippen LogP contribution is -2.41. The molecule has 0 fully saturated rings. The summed E-state index contributed by atoms with van der Waals surface area (Å²) in [5, 5.41) is -0.0681. The number of anilines is 1. The Balaban J connectivity index is 2.00. The number of nitrogens with zero attached hydrogens (tertiary/aromatic N) is 2. The molecule has 0 atom stereocenters. The average molecular weight is 545 g/mol. The summed E-state index contributed by atoms with van der Waals surface area (Å²) in [7, 11) is -2.93. The number of carbonyl (C=O) groups excluding carboxylic acids is 1. The first kappa shape index (κ1) is 26.8. The van der Waals surface area contributed by atoms with Crippen LogP contribution in [0.15, 0.2) is 71.6 Å². The highest BCUT2D eigenvalue weighted by Gasteiger charge is 2.35. The Kier molecular flexibility index (Phi) is 8.03. The number of benzene rings is 3. The molecule has 11 heteroatoms. The number of amides is 1. The van der Waals surface area contributed by atoms with Crippen LogP contribution >= 0.6 is 23.2 Å². The molecule has 0 aliphatic heterocycles. The van der Waals surface area contributed by atoms with Gasteiger partial charge in [0.05, 0.1) is 21.2 Å². The summed E-state index contributed by atoms with van der Waals surface area (Å²) in [4.78, 5) is 14.1. The van der Waals surface area contributed by atoms with E-state index in [4.69, 9.17) is 23.2 Å². The highest BCUT2D eigenvalue weighted by atomic mass is 35.5. The Labute approximate surface area is 211 Å². The maximum atomic E-state index is 13.5. The Hall–Kier alpha value is -2.75. The van der Waals surface area contributed by atoms with Crippen molar-refractivity contribution in [3.05, 3.63) is 93.5 Å². The summed E-state index contributed by atoms with van der Waals surface area (Å²) < 4.78 is 68.0. The molecule has 0 aromatic heterocycles. The maximum absolute atomic E-state index is 13.5. The predicted octanol–water partition coefficient (Wildman–Crippen LogP) is 6.17. The van der Waals surface area contributed by atoms with Crippen molar-refractivity contribution in [2.45, 2.75) is 24.5 Å². The van der Waals surface area contributed by atoms with E-state index < -0.39 is 39.2 Å². The normalized spacial score (nSPS) is 11.9. The molecule has 3 rings (SSSR count). The first-order valence-corrected chi connectivity index (χ1v) is 12.4. The zero-order chi connectivity index (χ0) is 26.0. The molecule has 0 bridgehead atoms. The van der Waals surface area contributed by atoms with Gasteiger partial charge in [0.15, 0.2) is 0 Å². The molecule has 3 aromatic rings. The Morgan fingerprint density at radius 3 is 2.11 bits per heavy atom. The molecule has 0 aliphatic rings. The van der Waals surface area contributed by atoms with Crippen LogP contribution in [-0.4, -0.2) is 32.8 Å². The number of carbonyl (C=O) groups is 1. The van der Waals surface area contributed by atoms with Gasteiger partial charge in [-0.2, -0.15) is 13.2 Å². The van der Waals surface area contributed by atoms with Crippen LogP contribution < -0.4 is 4.31 Å². The molecular weight excluding hydrogens is 524 g/mol. The predicted molar refractivity (Wildman–Crippen MR) is 130 cm³/mol. The van der Waals surface area contributed by atoms with Gasteiger partial charge in [-0.1, -0.05) is 53.0 Å². The summed E-state index contributed by atoms with van der Waals surface area (Å²) >= 11 is 11.6. The lowest BCUT2D eigenvalue weighted by Gasteiger charge is -2.27. The number of halogens is 5. The molecule has 0 aliphatic carbocycles. The third kappa shape index (κ3) is 6.48. The van der Waals surface area contributed by atoms with Gasteiger partial charge in [-0.3, -0.25) is 9.10 Å². The van der Waals surface area contributed by atoms with Gasteiger partial charge < -0.3 is 4.90 Å². The molecule has 0 unspecified atom stereocenters. The number of aryl methyl sites for hydroxylation is 1. The highest BCUT2D eigenvalue weighted by molar-refractivity contribution is 7.92. The van der Waals surface area contributed by atoms with Crippen LogP contribution in [0.25, 0.3) is 0 Å².